The molecule has 2 heterocycles. The molecule has 6 heteroatoms. The minimum absolute atomic E-state index is 0.0452. The molecule has 0 aliphatic carbocycles. The lowest BCUT2D eigenvalue weighted by molar-refractivity contribution is -0.118. The quantitative estimate of drug-likeness (QED) is 0.518. The molecule has 0 aromatic carbocycles. The van der Waals surface area contributed by atoms with Gasteiger partial charge in [-0.1, -0.05) is 11.8 Å². The fourth-order valence-corrected chi connectivity index (χ4v) is 2.10. The molecular weight excluding hydrogens is 291 g/mol. The Hall–Kier alpha value is -1.84. The van der Waals surface area contributed by atoms with Crippen molar-refractivity contribution in [3.8, 4) is 11.8 Å². The molecule has 1 aliphatic rings. The number of carbonyl (C=O) groups excluding carboxylic acids is 1. The molecule has 0 radical (unpaired) electrons. The number of rotatable bonds is 3. The first-order valence-electron chi connectivity index (χ1n) is 7.75. The monoisotopic (exact) mass is 314 g/mol. The molecule has 1 aliphatic heterocycles. The second-order valence-corrected chi connectivity index (χ2v) is 6.63. The van der Waals surface area contributed by atoms with Gasteiger partial charge in [-0.15, -0.1) is 0 Å². The SMILES string of the molecule is CC(=O)NCCC#Cc1cncc(B2OC(C)(C)C(C)(C)O2)c1. The van der Waals surface area contributed by atoms with Crippen LogP contribution in [-0.2, 0) is 14.1 Å². The van der Waals surface area contributed by atoms with Gasteiger partial charge in [-0.3, -0.25) is 9.78 Å². The number of nitrogens with zero attached hydrogens (tertiary/aromatic N) is 1. The average molecular weight is 314 g/mol. The molecule has 2 rings (SSSR count). The molecule has 0 bridgehead atoms. The Bertz CT molecular complexity index is 631. The van der Waals surface area contributed by atoms with Crippen LogP contribution in [-0.4, -0.2) is 35.8 Å². The fourth-order valence-electron chi connectivity index (χ4n) is 2.10. The number of hydrogen-bond acceptors (Lipinski definition) is 4. The van der Waals surface area contributed by atoms with Gasteiger partial charge in [-0.2, -0.15) is 0 Å². The number of pyridine rings is 1. The van der Waals surface area contributed by atoms with Crippen molar-refractivity contribution in [1.82, 2.24) is 10.3 Å². The van der Waals surface area contributed by atoms with Crippen molar-refractivity contribution < 1.29 is 14.1 Å². The molecule has 1 saturated heterocycles. The first kappa shape index (κ1) is 17.5. The Morgan fingerprint density at radius 2 is 1.91 bits per heavy atom. The summed E-state index contributed by atoms with van der Waals surface area (Å²) in [6.07, 6.45) is 4.05. The van der Waals surface area contributed by atoms with E-state index in [4.69, 9.17) is 9.31 Å². The van der Waals surface area contributed by atoms with E-state index in [1.54, 1.807) is 12.4 Å². The molecule has 1 amide bonds. The third-order valence-corrected chi connectivity index (χ3v) is 4.14. The predicted octanol–water partition coefficient (Wildman–Crippen LogP) is 1.26. The van der Waals surface area contributed by atoms with Gasteiger partial charge in [0.1, 0.15) is 0 Å². The number of amides is 1. The second-order valence-electron chi connectivity index (χ2n) is 6.63. The van der Waals surface area contributed by atoms with Crippen LogP contribution in [0.25, 0.3) is 0 Å². The predicted molar refractivity (Wildman–Crippen MR) is 90.1 cm³/mol. The molecule has 0 saturated carbocycles. The minimum Gasteiger partial charge on any atom is -0.399 e. The molecule has 1 aromatic heterocycles. The summed E-state index contributed by atoms with van der Waals surface area (Å²) in [6.45, 7) is 10.1. The second kappa shape index (κ2) is 6.73. The van der Waals surface area contributed by atoms with Crippen molar-refractivity contribution in [2.45, 2.75) is 52.2 Å². The van der Waals surface area contributed by atoms with Crippen LogP contribution in [0.2, 0.25) is 0 Å². The molecular formula is C17H23BN2O3. The van der Waals surface area contributed by atoms with Gasteiger partial charge < -0.3 is 14.6 Å². The van der Waals surface area contributed by atoms with Gasteiger partial charge in [0.25, 0.3) is 0 Å². The third kappa shape index (κ3) is 4.34. The van der Waals surface area contributed by atoms with Gasteiger partial charge in [0, 0.05) is 43.3 Å². The Balaban J connectivity index is 2.04. The van der Waals surface area contributed by atoms with Crippen molar-refractivity contribution in [3.05, 3.63) is 24.0 Å². The lowest BCUT2D eigenvalue weighted by Crippen LogP contribution is -2.41. The van der Waals surface area contributed by atoms with E-state index in [0.717, 1.165) is 11.0 Å². The Morgan fingerprint density at radius 1 is 1.26 bits per heavy atom. The summed E-state index contributed by atoms with van der Waals surface area (Å²) in [6, 6.07) is 1.93. The molecule has 0 spiro atoms. The summed E-state index contributed by atoms with van der Waals surface area (Å²) < 4.78 is 12.0. The Morgan fingerprint density at radius 3 is 2.52 bits per heavy atom. The van der Waals surface area contributed by atoms with Crippen LogP contribution in [0.5, 0.6) is 0 Å². The molecule has 1 fully saturated rings. The van der Waals surface area contributed by atoms with E-state index in [9.17, 15) is 4.79 Å². The lowest BCUT2D eigenvalue weighted by Gasteiger charge is -2.32. The maximum absolute atomic E-state index is 10.8. The maximum Gasteiger partial charge on any atom is 0.496 e. The largest absolute Gasteiger partial charge is 0.496 e. The van der Waals surface area contributed by atoms with Crippen LogP contribution in [0.3, 0.4) is 0 Å². The van der Waals surface area contributed by atoms with E-state index in [-0.39, 0.29) is 17.1 Å². The van der Waals surface area contributed by atoms with Crippen LogP contribution < -0.4 is 10.8 Å². The maximum atomic E-state index is 10.8. The Kier molecular flexibility index (Phi) is 5.13. The summed E-state index contributed by atoms with van der Waals surface area (Å²) in [5.41, 5.74) is 0.910. The van der Waals surface area contributed by atoms with Crippen LogP contribution in [0.15, 0.2) is 18.5 Å². The molecule has 1 aromatic rings. The van der Waals surface area contributed by atoms with Crippen molar-refractivity contribution in [2.24, 2.45) is 0 Å². The summed E-state index contributed by atoms with van der Waals surface area (Å²) in [7, 11) is -0.436. The van der Waals surface area contributed by atoms with Crippen molar-refractivity contribution >= 4 is 18.5 Å². The highest BCUT2D eigenvalue weighted by Crippen LogP contribution is 2.36. The molecule has 5 nitrogen and oxygen atoms in total. The van der Waals surface area contributed by atoms with Crippen molar-refractivity contribution in [3.63, 3.8) is 0 Å². The highest BCUT2D eigenvalue weighted by atomic mass is 16.7. The zero-order valence-electron chi connectivity index (χ0n) is 14.4. The highest BCUT2D eigenvalue weighted by Gasteiger charge is 2.51. The van der Waals surface area contributed by atoms with Crippen molar-refractivity contribution in [1.29, 1.82) is 0 Å². The lowest BCUT2D eigenvalue weighted by atomic mass is 9.80. The fraction of sp³-hybridized carbons (Fsp3) is 0.529. The summed E-state index contributed by atoms with van der Waals surface area (Å²) in [5, 5.41) is 2.71. The summed E-state index contributed by atoms with van der Waals surface area (Å²) in [4.78, 5) is 15.0. The van der Waals surface area contributed by atoms with Crippen LogP contribution in [0, 0.1) is 11.8 Å². The van der Waals surface area contributed by atoms with Crippen LogP contribution in [0.4, 0.5) is 0 Å². The Labute approximate surface area is 138 Å². The number of carbonyl (C=O) groups is 1. The van der Waals surface area contributed by atoms with E-state index in [1.807, 2.05) is 33.8 Å². The average Bonchev–Trinajstić information content (AvgIpc) is 2.67. The normalized spacial score (nSPS) is 18.2. The molecule has 23 heavy (non-hydrogen) atoms. The summed E-state index contributed by atoms with van der Waals surface area (Å²) >= 11 is 0. The molecule has 1 N–H and O–H groups in total. The van der Waals surface area contributed by atoms with E-state index in [0.29, 0.717) is 13.0 Å². The van der Waals surface area contributed by atoms with Gasteiger partial charge in [-0.25, -0.2) is 0 Å². The molecule has 0 unspecified atom stereocenters. The van der Waals surface area contributed by atoms with Gasteiger partial charge >= 0.3 is 7.12 Å². The van der Waals surface area contributed by atoms with Gasteiger partial charge in [0.05, 0.1) is 11.2 Å². The van der Waals surface area contributed by atoms with Gasteiger partial charge in [0.2, 0.25) is 5.91 Å². The van der Waals surface area contributed by atoms with Gasteiger partial charge in [0.15, 0.2) is 0 Å². The van der Waals surface area contributed by atoms with E-state index in [2.05, 4.69) is 22.1 Å². The van der Waals surface area contributed by atoms with Crippen LogP contribution in [0.1, 0.15) is 46.6 Å². The van der Waals surface area contributed by atoms with E-state index >= 15 is 0 Å². The standard InChI is InChI=1S/C17H23BN2O3/c1-13(21)20-9-7-6-8-14-10-15(12-19-11-14)18-22-16(2,3)17(4,5)23-18/h10-12H,7,9H2,1-5H3,(H,20,21). The number of hydrogen-bond donors (Lipinski definition) is 1. The van der Waals surface area contributed by atoms with E-state index in [1.165, 1.54) is 6.92 Å². The number of aromatic nitrogens is 1. The van der Waals surface area contributed by atoms with Crippen LogP contribution >= 0.6 is 0 Å². The van der Waals surface area contributed by atoms with E-state index < -0.39 is 7.12 Å². The zero-order chi connectivity index (χ0) is 17.1. The first-order chi connectivity index (χ1) is 10.7. The first-order valence-corrected chi connectivity index (χ1v) is 7.75. The highest BCUT2D eigenvalue weighted by molar-refractivity contribution is 6.62. The number of nitrogens with one attached hydrogen (secondary N) is 1. The smallest absolute Gasteiger partial charge is 0.399 e. The van der Waals surface area contributed by atoms with Crippen molar-refractivity contribution in [2.75, 3.05) is 6.54 Å². The zero-order valence-corrected chi connectivity index (χ0v) is 14.4. The third-order valence-electron chi connectivity index (χ3n) is 4.14. The minimum atomic E-state index is -0.436. The van der Waals surface area contributed by atoms with Gasteiger partial charge in [-0.05, 0) is 33.8 Å². The summed E-state index contributed by atoms with van der Waals surface area (Å²) in [5.74, 6) is 6.02. The molecule has 0 atom stereocenters. The molecule has 122 valence electrons. The topological polar surface area (TPSA) is 60.5 Å².